The van der Waals surface area contributed by atoms with Crippen molar-refractivity contribution in [3.63, 3.8) is 0 Å². The normalized spacial score (nSPS) is 10.7. The lowest BCUT2D eigenvalue weighted by Crippen LogP contribution is -2.18. The molecule has 26 heavy (non-hydrogen) atoms. The van der Waals surface area contributed by atoms with Crippen molar-refractivity contribution in [2.45, 2.75) is 19.9 Å². The number of para-hydroxylation sites is 1. The topological polar surface area (TPSA) is 67.2 Å². The Balaban J connectivity index is 1.70. The van der Waals surface area contributed by atoms with E-state index in [1.165, 1.54) is 6.20 Å². The first-order chi connectivity index (χ1) is 12.5. The van der Waals surface area contributed by atoms with Gasteiger partial charge < -0.3 is 10.2 Å². The van der Waals surface area contributed by atoms with Crippen molar-refractivity contribution < 1.29 is 4.79 Å². The number of hydrogen-bond acceptors (Lipinski definition) is 4. The maximum absolute atomic E-state index is 12.3. The number of benzene rings is 2. The average Bonchev–Trinajstić information content (AvgIpc) is 2.63. The Labute approximate surface area is 152 Å². The predicted molar refractivity (Wildman–Crippen MR) is 105 cm³/mol. The molecule has 6 nitrogen and oxygen atoms in total. The molecule has 1 heterocycles. The van der Waals surface area contributed by atoms with Crippen LogP contribution in [0.2, 0.25) is 0 Å². The van der Waals surface area contributed by atoms with E-state index >= 15 is 0 Å². The molecule has 0 saturated carbocycles. The zero-order valence-electron chi connectivity index (χ0n) is 15.2. The Hall–Kier alpha value is -3.15. The van der Waals surface area contributed by atoms with Gasteiger partial charge in [-0.05, 0) is 42.8 Å². The zero-order chi connectivity index (χ0) is 18.7. The number of fused-ring (bicyclic) bond motifs is 1. The van der Waals surface area contributed by atoms with Gasteiger partial charge in [-0.1, -0.05) is 12.1 Å². The van der Waals surface area contributed by atoms with Gasteiger partial charge in [0.2, 0.25) is 11.3 Å². The molecule has 3 aromatic rings. The van der Waals surface area contributed by atoms with Crippen molar-refractivity contribution >= 4 is 28.2 Å². The molecule has 0 aliphatic heterocycles. The summed E-state index contributed by atoms with van der Waals surface area (Å²) in [5.74, 6) is -0.0877. The van der Waals surface area contributed by atoms with Crippen LogP contribution in [0.3, 0.4) is 0 Å². The second-order valence-electron chi connectivity index (χ2n) is 6.44. The lowest BCUT2D eigenvalue weighted by atomic mass is 10.1. The highest BCUT2D eigenvalue weighted by Gasteiger charge is 2.09. The molecule has 1 aromatic heterocycles. The van der Waals surface area contributed by atoms with E-state index in [4.69, 9.17) is 0 Å². The van der Waals surface area contributed by atoms with Crippen LogP contribution in [0.15, 0.2) is 53.5 Å². The largest absolute Gasteiger partial charge is 0.378 e. The van der Waals surface area contributed by atoms with Crippen molar-refractivity contribution in [1.29, 1.82) is 0 Å². The average molecular weight is 350 g/mol. The molecule has 0 atom stereocenters. The van der Waals surface area contributed by atoms with E-state index in [1.807, 2.05) is 62.3 Å². The molecule has 0 aliphatic carbocycles. The van der Waals surface area contributed by atoms with Gasteiger partial charge in [-0.3, -0.25) is 14.3 Å². The quantitative estimate of drug-likeness (QED) is 0.768. The first kappa shape index (κ1) is 17.7. The lowest BCUT2D eigenvalue weighted by Gasteiger charge is -2.15. The van der Waals surface area contributed by atoms with E-state index in [-0.39, 0.29) is 17.8 Å². The molecule has 0 unspecified atom stereocenters. The van der Waals surface area contributed by atoms with Gasteiger partial charge in [0.15, 0.2) is 0 Å². The number of nitrogens with one attached hydrogen (secondary N) is 1. The molecule has 3 rings (SSSR count). The highest BCUT2D eigenvalue weighted by Crippen LogP contribution is 2.21. The van der Waals surface area contributed by atoms with E-state index in [2.05, 4.69) is 10.4 Å². The van der Waals surface area contributed by atoms with Crippen LogP contribution in [0.25, 0.3) is 10.9 Å². The molecule has 2 aromatic carbocycles. The van der Waals surface area contributed by atoms with E-state index in [0.29, 0.717) is 11.9 Å². The number of aryl methyl sites for hydroxylation is 2. The Morgan fingerprint density at radius 1 is 1.19 bits per heavy atom. The van der Waals surface area contributed by atoms with Gasteiger partial charge in [0, 0.05) is 37.3 Å². The van der Waals surface area contributed by atoms with Crippen molar-refractivity contribution in [3.8, 4) is 0 Å². The first-order valence-electron chi connectivity index (χ1n) is 8.48. The maximum atomic E-state index is 12.3. The van der Waals surface area contributed by atoms with Crippen molar-refractivity contribution in [2.24, 2.45) is 0 Å². The van der Waals surface area contributed by atoms with Crippen LogP contribution >= 0.6 is 0 Å². The molecule has 0 radical (unpaired) electrons. The van der Waals surface area contributed by atoms with Crippen LogP contribution in [-0.4, -0.2) is 29.8 Å². The summed E-state index contributed by atoms with van der Waals surface area (Å²) in [7, 11) is 3.96. The summed E-state index contributed by atoms with van der Waals surface area (Å²) < 4.78 is 1.69. The van der Waals surface area contributed by atoms with Gasteiger partial charge in [-0.25, -0.2) is 0 Å². The Kier molecular flexibility index (Phi) is 5.02. The molecule has 1 N–H and O–H groups in total. The fourth-order valence-electron chi connectivity index (χ4n) is 2.83. The first-order valence-corrected chi connectivity index (χ1v) is 8.48. The number of aromatic nitrogens is 2. The minimum atomic E-state index is -0.113. The molecular weight excluding hydrogens is 328 g/mol. The fourth-order valence-corrected chi connectivity index (χ4v) is 2.83. The van der Waals surface area contributed by atoms with Crippen LogP contribution in [0, 0.1) is 6.92 Å². The highest BCUT2D eigenvalue weighted by atomic mass is 16.1. The molecule has 0 fully saturated rings. The van der Waals surface area contributed by atoms with Crippen molar-refractivity contribution in [1.82, 2.24) is 9.78 Å². The minimum absolute atomic E-state index is 0.0877. The summed E-state index contributed by atoms with van der Waals surface area (Å²) in [4.78, 5) is 26.2. The number of amides is 1. The van der Waals surface area contributed by atoms with E-state index in [1.54, 1.807) is 10.7 Å². The second kappa shape index (κ2) is 7.39. The fraction of sp³-hybridized carbons (Fsp3) is 0.250. The molecule has 0 spiro atoms. The van der Waals surface area contributed by atoms with Gasteiger partial charge in [0.1, 0.15) is 0 Å². The summed E-state index contributed by atoms with van der Waals surface area (Å²) in [6.07, 6.45) is 1.57. The Morgan fingerprint density at radius 2 is 1.96 bits per heavy atom. The molecule has 0 saturated heterocycles. The van der Waals surface area contributed by atoms with E-state index in [9.17, 15) is 9.59 Å². The van der Waals surface area contributed by atoms with Crippen LogP contribution < -0.4 is 15.6 Å². The molecular formula is C20H22N4O2. The number of nitrogens with zero attached hydrogens (tertiary/aromatic N) is 3. The number of carbonyl (C=O) groups excluding carboxylic acids is 1. The summed E-state index contributed by atoms with van der Waals surface area (Å²) in [5, 5.41) is 7.71. The monoisotopic (exact) mass is 350 g/mol. The number of hydrogen-bond donors (Lipinski definition) is 1. The van der Waals surface area contributed by atoms with Crippen LogP contribution in [0.5, 0.6) is 0 Å². The standard InChI is InChI=1S/C20H22N4O2/c1-14-12-15(23(2)3)8-9-17(14)22-20(26)10-11-24-18-7-5-4-6-16(18)19(25)13-21-24/h4-9,12-13H,10-11H2,1-3H3,(H,22,26). The Bertz CT molecular complexity index is 1010. The zero-order valence-corrected chi connectivity index (χ0v) is 15.2. The van der Waals surface area contributed by atoms with Gasteiger partial charge in [0.25, 0.3) is 0 Å². The predicted octanol–water partition coefficient (Wildman–Crippen LogP) is 2.80. The number of carbonyl (C=O) groups is 1. The summed E-state index contributed by atoms with van der Waals surface area (Å²) >= 11 is 0. The molecule has 134 valence electrons. The summed E-state index contributed by atoms with van der Waals surface area (Å²) in [6.45, 7) is 2.38. The van der Waals surface area contributed by atoms with Crippen LogP contribution in [0.1, 0.15) is 12.0 Å². The number of anilines is 2. The summed E-state index contributed by atoms with van der Waals surface area (Å²) in [6, 6.07) is 13.2. The van der Waals surface area contributed by atoms with Gasteiger partial charge in [-0.2, -0.15) is 5.10 Å². The van der Waals surface area contributed by atoms with Crippen molar-refractivity contribution in [3.05, 3.63) is 64.4 Å². The summed E-state index contributed by atoms with van der Waals surface area (Å²) in [5.41, 5.74) is 3.52. The maximum Gasteiger partial charge on any atom is 0.226 e. The molecule has 0 bridgehead atoms. The van der Waals surface area contributed by atoms with Gasteiger partial charge in [-0.15, -0.1) is 0 Å². The third kappa shape index (κ3) is 3.74. The highest BCUT2D eigenvalue weighted by molar-refractivity contribution is 5.91. The second-order valence-corrected chi connectivity index (χ2v) is 6.44. The van der Waals surface area contributed by atoms with E-state index in [0.717, 1.165) is 22.5 Å². The molecule has 0 aliphatic rings. The van der Waals surface area contributed by atoms with Crippen LogP contribution in [0.4, 0.5) is 11.4 Å². The van der Waals surface area contributed by atoms with Gasteiger partial charge >= 0.3 is 0 Å². The molecule has 6 heteroatoms. The van der Waals surface area contributed by atoms with Gasteiger partial charge in [0.05, 0.1) is 18.3 Å². The SMILES string of the molecule is Cc1cc(N(C)C)ccc1NC(=O)CCn1ncc(=O)c2ccccc21. The third-order valence-corrected chi connectivity index (χ3v) is 4.31. The third-order valence-electron chi connectivity index (χ3n) is 4.31. The minimum Gasteiger partial charge on any atom is -0.378 e. The van der Waals surface area contributed by atoms with Crippen LogP contribution in [-0.2, 0) is 11.3 Å². The number of rotatable bonds is 5. The Morgan fingerprint density at radius 3 is 2.69 bits per heavy atom. The smallest absolute Gasteiger partial charge is 0.226 e. The molecule has 1 amide bonds. The lowest BCUT2D eigenvalue weighted by molar-refractivity contribution is -0.116. The van der Waals surface area contributed by atoms with E-state index < -0.39 is 0 Å². The van der Waals surface area contributed by atoms with Crippen molar-refractivity contribution in [2.75, 3.05) is 24.3 Å².